The van der Waals surface area contributed by atoms with Crippen molar-refractivity contribution in [2.45, 2.75) is 39.2 Å². The summed E-state index contributed by atoms with van der Waals surface area (Å²) in [7, 11) is 0. The predicted octanol–water partition coefficient (Wildman–Crippen LogP) is 4.48. The Morgan fingerprint density at radius 3 is 2.48 bits per heavy atom. The van der Waals surface area contributed by atoms with Gasteiger partial charge in [-0.3, -0.25) is 0 Å². The van der Waals surface area contributed by atoms with Crippen molar-refractivity contribution in [3.8, 4) is 0 Å². The predicted molar refractivity (Wildman–Crippen MR) is 84.9 cm³/mol. The van der Waals surface area contributed by atoms with Crippen LogP contribution in [-0.4, -0.2) is 9.97 Å². The summed E-state index contributed by atoms with van der Waals surface area (Å²) in [6, 6.07) is 5.61. The van der Waals surface area contributed by atoms with Crippen LogP contribution >= 0.6 is 15.9 Å². The van der Waals surface area contributed by atoms with E-state index in [1.165, 1.54) is 12.8 Å². The van der Waals surface area contributed by atoms with Crippen molar-refractivity contribution >= 4 is 21.7 Å². The van der Waals surface area contributed by atoms with Crippen LogP contribution in [-0.2, 0) is 6.54 Å². The van der Waals surface area contributed by atoms with Crippen molar-refractivity contribution in [3.63, 3.8) is 0 Å². The molecule has 1 heterocycles. The van der Waals surface area contributed by atoms with Crippen LogP contribution in [0.3, 0.4) is 0 Å². The Balaban J connectivity index is 1.75. The van der Waals surface area contributed by atoms with E-state index >= 15 is 0 Å². The molecule has 1 N–H and O–H groups in total. The van der Waals surface area contributed by atoms with Crippen LogP contribution in [0.25, 0.3) is 0 Å². The largest absolute Gasteiger partial charge is 0.366 e. The Hall–Kier alpha value is -1.49. The molecule has 0 atom stereocenters. The van der Waals surface area contributed by atoms with Gasteiger partial charge in [-0.1, -0.05) is 12.1 Å². The summed E-state index contributed by atoms with van der Waals surface area (Å²) in [5, 5.41) is 3.30. The minimum absolute atomic E-state index is 0.125. The van der Waals surface area contributed by atoms with Gasteiger partial charge in [0.15, 0.2) is 0 Å². The fourth-order valence-electron chi connectivity index (χ4n) is 2.38. The van der Waals surface area contributed by atoms with Gasteiger partial charge in [-0.2, -0.15) is 0 Å². The molecule has 0 spiro atoms. The molecule has 0 bridgehead atoms. The van der Waals surface area contributed by atoms with E-state index in [-0.39, 0.29) is 5.82 Å². The highest BCUT2D eigenvalue weighted by atomic mass is 79.9. The van der Waals surface area contributed by atoms with E-state index in [2.05, 4.69) is 31.2 Å². The van der Waals surface area contributed by atoms with Gasteiger partial charge in [0, 0.05) is 18.5 Å². The molecule has 2 aromatic rings. The highest BCUT2D eigenvalue weighted by molar-refractivity contribution is 9.10. The molecule has 1 aliphatic rings. The lowest BCUT2D eigenvalue weighted by Crippen LogP contribution is -2.05. The third kappa shape index (κ3) is 3.40. The zero-order valence-corrected chi connectivity index (χ0v) is 13.7. The van der Waals surface area contributed by atoms with Crippen molar-refractivity contribution in [1.29, 1.82) is 0 Å². The van der Waals surface area contributed by atoms with E-state index in [1.807, 2.05) is 18.2 Å². The average Bonchev–Trinajstić information content (AvgIpc) is 3.26. The van der Waals surface area contributed by atoms with Gasteiger partial charge in [0.2, 0.25) is 0 Å². The number of aromatic nitrogens is 2. The van der Waals surface area contributed by atoms with Gasteiger partial charge >= 0.3 is 0 Å². The third-order valence-corrected chi connectivity index (χ3v) is 4.03. The van der Waals surface area contributed by atoms with Crippen LogP contribution < -0.4 is 5.32 Å². The third-order valence-electron chi connectivity index (χ3n) is 3.62. The molecule has 21 heavy (non-hydrogen) atoms. The molecule has 0 radical (unpaired) electrons. The van der Waals surface area contributed by atoms with Crippen molar-refractivity contribution in [1.82, 2.24) is 9.97 Å². The summed E-state index contributed by atoms with van der Waals surface area (Å²) in [4.78, 5) is 8.95. The molecule has 1 aliphatic carbocycles. The maximum absolute atomic E-state index is 13.6. The van der Waals surface area contributed by atoms with Gasteiger partial charge in [0.1, 0.15) is 22.1 Å². The molecule has 5 heteroatoms. The summed E-state index contributed by atoms with van der Waals surface area (Å²) >= 11 is 3.43. The Labute approximate surface area is 132 Å². The number of rotatable bonds is 4. The zero-order chi connectivity index (χ0) is 15.0. The maximum atomic E-state index is 13.6. The Bertz CT molecular complexity index is 660. The quantitative estimate of drug-likeness (QED) is 0.826. The second-order valence-electron chi connectivity index (χ2n) is 5.61. The maximum Gasteiger partial charge on any atom is 0.135 e. The fraction of sp³-hybridized carbons (Fsp3) is 0.375. The molecule has 3 rings (SSSR count). The van der Waals surface area contributed by atoms with Crippen molar-refractivity contribution in [2.75, 3.05) is 5.32 Å². The lowest BCUT2D eigenvalue weighted by atomic mass is 10.1. The van der Waals surface area contributed by atoms with Crippen molar-refractivity contribution in [3.05, 3.63) is 51.1 Å². The minimum Gasteiger partial charge on any atom is -0.366 e. The molecular weight excluding hydrogens is 333 g/mol. The van der Waals surface area contributed by atoms with E-state index in [1.54, 1.807) is 13.8 Å². The number of benzene rings is 1. The first-order chi connectivity index (χ1) is 10.0. The average molecular weight is 350 g/mol. The number of nitrogens with one attached hydrogen (secondary N) is 1. The first-order valence-electron chi connectivity index (χ1n) is 7.07. The Morgan fingerprint density at radius 2 is 1.86 bits per heavy atom. The highest BCUT2D eigenvalue weighted by Gasteiger charge is 2.27. The molecule has 3 nitrogen and oxygen atoms in total. The summed E-state index contributed by atoms with van der Waals surface area (Å²) in [6.45, 7) is 4.20. The first-order valence-corrected chi connectivity index (χ1v) is 7.86. The van der Waals surface area contributed by atoms with E-state index < -0.39 is 0 Å². The molecular formula is C16H17BrFN3. The number of nitrogens with zero attached hydrogens (tertiary/aromatic N) is 2. The van der Waals surface area contributed by atoms with Gasteiger partial charge in [-0.15, -0.1) is 0 Å². The number of anilines is 1. The van der Waals surface area contributed by atoms with E-state index in [9.17, 15) is 4.39 Å². The van der Waals surface area contributed by atoms with Crippen LogP contribution in [0.2, 0.25) is 0 Å². The molecule has 0 unspecified atom stereocenters. The normalized spacial score (nSPS) is 14.3. The van der Waals surface area contributed by atoms with Crippen LogP contribution in [0.5, 0.6) is 0 Å². The van der Waals surface area contributed by atoms with Crippen LogP contribution in [0.1, 0.15) is 41.3 Å². The molecule has 1 aromatic heterocycles. The van der Waals surface area contributed by atoms with Gasteiger partial charge in [-0.25, -0.2) is 14.4 Å². The monoisotopic (exact) mass is 349 g/mol. The van der Waals surface area contributed by atoms with Crippen LogP contribution in [0.15, 0.2) is 22.8 Å². The van der Waals surface area contributed by atoms with Crippen LogP contribution in [0, 0.1) is 19.7 Å². The molecule has 1 saturated carbocycles. The fourth-order valence-corrected chi connectivity index (χ4v) is 2.78. The zero-order valence-electron chi connectivity index (χ0n) is 12.1. The van der Waals surface area contributed by atoms with E-state index in [0.717, 1.165) is 21.8 Å². The molecule has 0 amide bonds. The standard InChI is InChI=1S/C16H17BrFN3/c1-9-5-11(6-10(2)15(9)18)8-19-14-7-13(17)20-16(21-14)12-3-4-12/h5-7,12H,3-4,8H2,1-2H3,(H,19,20,21). The van der Waals surface area contributed by atoms with Gasteiger partial charge in [0.25, 0.3) is 0 Å². The smallest absolute Gasteiger partial charge is 0.135 e. The second-order valence-corrected chi connectivity index (χ2v) is 6.42. The number of hydrogen-bond donors (Lipinski definition) is 1. The molecule has 0 aliphatic heterocycles. The Morgan fingerprint density at radius 1 is 1.19 bits per heavy atom. The first kappa shape index (κ1) is 14.4. The Kier molecular flexibility index (Phi) is 3.93. The minimum atomic E-state index is -0.125. The van der Waals surface area contributed by atoms with Gasteiger partial charge in [0.05, 0.1) is 0 Å². The topological polar surface area (TPSA) is 37.8 Å². The lowest BCUT2D eigenvalue weighted by Gasteiger charge is -2.10. The van der Waals surface area contributed by atoms with Gasteiger partial charge in [-0.05, 0) is 59.3 Å². The number of aryl methyl sites for hydroxylation is 2. The summed E-state index contributed by atoms with van der Waals surface area (Å²) in [6.07, 6.45) is 2.35. The van der Waals surface area contributed by atoms with Crippen molar-refractivity contribution in [2.24, 2.45) is 0 Å². The van der Waals surface area contributed by atoms with Gasteiger partial charge < -0.3 is 5.32 Å². The van der Waals surface area contributed by atoms with E-state index in [0.29, 0.717) is 23.6 Å². The van der Waals surface area contributed by atoms with E-state index in [4.69, 9.17) is 0 Å². The number of halogens is 2. The molecule has 1 aromatic carbocycles. The lowest BCUT2D eigenvalue weighted by molar-refractivity contribution is 0.608. The second kappa shape index (κ2) is 5.72. The molecule has 110 valence electrons. The SMILES string of the molecule is Cc1cc(CNc2cc(Br)nc(C3CC3)n2)cc(C)c1F. The molecule has 1 fully saturated rings. The summed E-state index contributed by atoms with van der Waals surface area (Å²) in [5.74, 6) is 2.09. The van der Waals surface area contributed by atoms with Crippen molar-refractivity contribution < 1.29 is 4.39 Å². The van der Waals surface area contributed by atoms with Crippen LogP contribution in [0.4, 0.5) is 10.2 Å². The molecule has 0 saturated heterocycles. The summed E-state index contributed by atoms with van der Waals surface area (Å²) in [5.41, 5.74) is 2.40. The number of hydrogen-bond acceptors (Lipinski definition) is 3. The summed E-state index contributed by atoms with van der Waals surface area (Å²) < 4.78 is 14.4. The highest BCUT2D eigenvalue weighted by Crippen LogP contribution is 2.38.